The molecule has 0 aliphatic heterocycles. The molecule has 0 fully saturated rings. The Morgan fingerprint density at radius 2 is 1.86 bits per heavy atom. The number of nitrogens with zero attached hydrogens (tertiary/aromatic N) is 3. The van der Waals surface area contributed by atoms with E-state index in [0.29, 0.717) is 11.5 Å². The van der Waals surface area contributed by atoms with Gasteiger partial charge in [-0.25, -0.2) is 4.68 Å². The topological polar surface area (TPSA) is 73.0 Å². The van der Waals surface area contributed by atoms with Crippen LogP contribution in [0, 0.1) is 17.0 Å². The first-order valence-corrected chi connectivity index (χ1v) is 7.96. The normalized spacial score (nSPS) is 11.1. The quantitative estimate of drug-likeness (QED) is 0.393. The third-order valence-electron chi connectivity index (χ3n) is 3.55. The lowest BCUT2D eigenvalue weighted by molar-refractivity contribution is -0.384. The van der Waals surface area contributed by atoms with Crippen LogP contribution in [0.1, 0.15) is 71.0 Å². The molecule has 6 heteroatoms. The molecular formula is C15H28N4O2. The fourth-order valence-corrected chi connectivity index (χ4v) is 2.41. The van der Waals surface area contributed by atoms with E-state index in [1.807, 2.05) is 13.8 Å². The SMILES string of the molecule is CCCCCCCCNc1c([N+](=O)[O-])c(C)nn1C(C)C. The largest absolute Gasteiger partial charge is 0.365 e. The Hall–Kier alpha value is -1.59. The van der Waals surface area contributed by atoms with Gasteiger partial charge in [-0.05, 0) is 27.2 Å². The second-order valence-electron chi connectivity index (χ2n) is 5.77. The van der Waals surface area contributed by atoms with Gasteiger partial charge in [0.25, 0.3) is 0 Å². The number of hydrogen-bond acceptors (Lipinski definition) is 4. The zero-order chi connectivity index (χ0) is 15.8. The number of nitrogens with one attached hydrogen (secondary N) is 1. The maximum atomic E-state index is 11.2. The molecule has 21 heavy (non-hydrogen) atoms. The molecular weight excluding hydrogens is 268 g/mol. The van der Waals surface area contributed by atoms with Crippen molar-refractivity contribution < 1.29 is 4.92 Å². The van der Waals surface area contributed by atoms with E-state index in [9.17, 15) is 10.1 Å². The van der Waals surface area contributed by atoms with Crippen LogP contribution in [-0.4, -0.2) is 21.2 Å². The molecule has 0 aliphatic carbocycles. The van der Waals surface area contributed by atoms with Gasteiger partial charge >= 0.3 is 5.69 Å². The molecule has 0 unspecified atom stereocenters. The molecule has 0 aliphatic rings. The number of nitro groups is 1. The van der Waals surface area contributed by atoms with Crippen LogP contribution < -0.4 is 5.32 Å². The summed E-state index contributed by atoms with van der Waals surface area (Å²) in [6.07, 6.45) is 7.24. The molecule has 1 aromatic rings. The van der Waals surface area contributed by atoms with Gasteiger partial charge < -0.3 is 5.32 Å². The summed E-state index contributed by atoms with van der Waals surface area (Å²) in [5.41, 5.74) is 0.578. The van der Waals surface area contributed by atoms with Crippen LogP contribution in [0.5, 0.6) is 0 Å². The lowest BCUT2D eigenvalue weighted by atomic mass is 10.1. The summed E-state index contributed by atoms with van der Waals surface area (Å²) < 4.78 is 1.71. The van der Waals surface area contributed by atoms with Gasteiger partial charge in [0, 0.05) is 12.6 Å². The predicted molar refractivity (Wildman–Crippen MR) is 85.9 cm³/mol. The van der Waals surface area contributed by atoms with E-state index in [4.69, 9.17) is 0 Å². The van der Waals surface area contributed by atoms with Crippen LogP contribution >= 0.6 is 0 Å². The summed E-state index contributed by atoms with van der Waals surface area (Å²) in [7, 11) is 0. The molecule has 0 spiro atoms. The molecule has 1 N–H and O–H groups in total. The van der Waals surface area contributed by atoms with Gasteiger partial charge in [0.1, 0.15) is 5.69 Å². The molecule has 6 nitrogen and oxygen atoms in total. The van der Waals surface area contributed by atoms with Crippen LogP contribution in [0.25, 0.3) is 0 Å². The van der Waals surface area contributed by atoms with Crippen molar-refractivity contribution in [1.82, 2.24) is 9.78 Å². The van der Waals surface area contributed by atoms with Crippen molar-refractivity contribution in [2.45, 2.75) is 72.3 Å². The lowest BCUT2D eigenvalue weighted by Crippen LogP contribution is -2.12. The summed E-state index contributed by atoms with van der Waals surface area (Å²) in [5, 5.41) is 18.7. The molecule has 0 atom stereocenters. The highest BCUT2D eigenvalue weighted by Gasteiger charge is 2.25. The second kappa shape index (κ2) is 8.64. The molecule has 0 aromatic carbocycles. The highest BCUT2D eigenvalue weighted by molar-refractivity contribution is 5.59. The van der Waals surface area contributed by atoms with E-state index < -0.39 is 0 Å². The molecule has 0 bridgehead atoms. The van der Waals surface area contributed by atoms with E-state index in [0.717, 1.165) is 19.4 Å². The molecule has 0 radical (unpaired) electrons. The minimum absolute atomic E-state index is 0.101. The molecule has 1 heterocycles. The summed E-state index contributed by atoms with van der Waals surface area (Å²) in [5.74, 6) is 0.543. The minimum atomic E-state index is -0.342. The minimum Gasteiger partial charge on any atom is -0.365 e. The number of hydrogen-bond donors (Lipinski definition) is 1. The van der Waals surface area contributed by atoms with Gasteiger partial charge in [-0.3, -0.25) is 10.1 Å². The maximum absolute atomic E-state index is 11.2. The molecule has 1 aromatic heterocycles. The first-order chi connectivity index (χ1) is 9.99. The van der Waals surface area contributed by atoms with Gasteiger partial charge in [-0.15, -0.1) is 0 Å². The number of unbranched alkanes of at least 4 members (excludes halogenated alkanes) is 5. The summed E-state index contributed by atoms with van der Waals surface area (Å²) in [4.78, 5) is 10.9. The second-order valence-corrected chi connectivity index (χ2v) is 5.77. The van der Waals surface area contributed by atoms with Crippen molar-refractivity contribution in [3.8, 4) is 0 Å². The molecule has 0 amide bonds. The lowest BCUT2D eigenvalue weighted by Gasteiger charge is -2.11. The number of anilines is 1. The van der Waals surface area contributed by atoms with Gasteiger partial charge in [-0.2, -0.15) is 5.10 Å². The number of aromatic nitrogens is 2. The predicted octanol–water partition coefficient (Wildman–Crippen LogP) is 4.45. The van der Waals surface area contributed by atoms with Crippen LogP contribution in [0.2, 0.25) is 0 Å². The van der Waals surface area contributed by atoms with Crippen LogP contribution in [0.4, 0.5) is 11.5 Å². The Bertz CT molecular complexity index is 455. The van der Waals surface area contributed by atoms with E-state index in [1.54, 1.807) is 11.6 Å². The van der Waals surface area contributed by atoms with E-state index >= 15 is 0 Å². The van der Waals surface area contributed by atoms with E-state index in [-0.39, 0.29) is 16.7 Å². The van der Waals surface area contributed by atoms with Crippen molar-refractivity contribution in [2.24, 2.45) is 0 Å². The highest BCUT2D eigenvalue weighted by atomic mass is 16.6. The molecule has 120 valence electrons. The Morgan fingerprint density at radius 1 is 1.24 bits per heavy atom. The third-order valence-corrected chi connectivity index (χ3v) is 3.55. The molecule has 0 saturated carbocycles. The van der Waals surface area contributed by atoms with Crippen molar-refractivity contribution in [1.29, 1.82) is 0 Å². The Labute approximate surface area is 127 Å². The van der Waals surface area contributed by atoms with Crippen molar-refractivity contribution >= 4 is 11.5 Å². The molecule has 0 saturated heterocycles. The zero-order valence-corrected chi connectivity index (χ0v) is 13.7. The maximum Gasteiger partial charge on any atom is 0.333 e. The fraction of sp³-hybridized carbons (Fsp3) is 0.800. The number of aryl methyl sites for hydroxylation is 1. The zero-order valence-electron chi connectivity index (χ0n) is 13.7. The standard InChI is InChI=1S/C15H28N4O2/c1-5-6-7-8-9-10-11-16-15-14(19(20)21)13(4)17-18(15)12(2)3/h12,16H,5-11H2,1-4H3. The van der Waals surface area contributed by atoms with Crippen molar-refractivity contribution in [3.63, 3.8) is 0 Å². The Morgan fingerprint density at radius 3 is 2.43 bits per heavy atom. The summed E-state index contributed by atoms with van der Waals surface area (Å²) in [6.45, 7) is 8.60. The first-order valence-electron chi connectivity index (χ1n) is 7.96. The van der Waals surface area contributed by atoms with E-state index in [2.05, 4.69) is 17.3 Å². The van der Waals surface area contributed by atoms with Crippen LogP contribution in [0.15, 0.2) is 0 Å². The van der Waals surface area contributed by atoms with Crippen LogP contribution in [0.3, 0.4) is 0 Å². The van der Waals surface area contributed by atoms with Gasteiger partial charge in [0.05, 0.1) is 4.92 Å². The number of rotatable bonds is 10. The van der Waals surface area contributed by atoms with Gasteiger partial charge in [0.15, 0.2) is 0 Å². The van der Waals surface area contributed by atoms with Gasteiger partial charge in [-0.1, -0.05) is 39.0 Å². The monoisotopic (exact) mass is 296 g/mol. The summed E-state index contributed by atoms with van der Waals surface area (Å²) in [6, 6.07) is 0.101. The molecule has 1 rings (SSSR count). The van der Waals surface area contributed by atoms with E-state index in [1.165, 1.54) is 25.7 Å². The fourth-order valence-electron chi connectivity index (χ4n) is 2.41. The third kappa shape index (κ3) is 5.02. The Balaban J connectivity index is 2.58. The average molecular weight is 296 g/mol. The van der Waals surface area contributed by atoms with Crippen molar-refractivity contribution in [3.05, 3.63) is 15.8 Å². The average Bonchev–Trinajstić information content (AvgIpc) is 2.75. The van der Waals surface area contributed by atoms with Gasteiger partial charge in [0.2, 0.25) is 5.82 Å². The first kappa shape index (κ1) is 17.5. The highest BCUT2D eigenvalue weighted by Crippen LogP contribution is 2.30. The van der Waals surface area contributed by atoms with Crippen LogP contribution in [-0.2, 0) is 0 Å². The van der Waals surface area contributed by atoms with Crippen molar-refractivity contribution in [2.75, 3.05) is 11.9 Å². The summed E-state index contributed by atoms with van der Waals surface area (Å²) >= 11 is 0. The Kier molecular flexibility index (Phi) is 7.19. The smallest absolute Gasteiger partial charge is 0.333 e.